The molecule has 0 amide bonds. The molecule has 0 saturated carbocycles. The molecule has 0 aromatic heterocycles. The summed E-state index contributed by atoms with van der Waals surface area (Å²) in [6.07, 6.45) is 5.18. The van der Waals surface area contributed by atoms with Crippen molar-refractivity contribution in [2.75, 3.05) is 13.2 Å². The number of hydrogen-bond donors (Lipinski definition) is 1. The van der Waals surface area contributed by atoms with Crippen molar-refractivity contribution >= 4 is 0 Å². The van der Waals surface area contributed by atoms with Gasteiger partial charge in [-0.2, -0.15) is 0 Å². The fourth-order valence-electron chi connectivity index (χ4n) is 3.24. The Hall–Kier alpha value is -0.860. The molecule has 1 N–H and O–H groups in total. The molecule has 3 unspecified atom stereocenters. The Morgan fingerprint density at radius 1 is 1.26 bits per heavy atom. The molecular formula is C17H27NO. The number of nitrogens with one attached hydrogen (secondary N) is 1. The summed E-state index contributed by atoms with van der Waals surface area (Å²) in [5.41, 5.74) is 1.44. The Bertz CT molecular complexity index is 352. The number of benzene rings is 1. The maximum absolute atomic E-state index is 5.85. The van der Waals surface area contributed by atoms with Crippen LogP contribution in [-0.2, 0) is 11.2 Å². The molecule has 1 saturated heterocycles. The predicted molar refractivity (Wildman–Crippen MR) is 80.4 cm³/mol. The lowest BCUT2D eigenvalue weighted by atomic mass is 9.87. The van der Waals surface area contributed by atoms with Crippen molar-refractivity contribution < 1.29 is 4.74 Å². The Kier molecular flexibility index (Phi) is 5.87. The third kappa shape index (κ3) is 4.05. The van der Waals surface area contributed by atoms with Gasteiger partial charge < -0.3 is 10.1 Å². The van der Waals surface area contributed by atoms with Crippen LogP contribution in [-0.4, -0.2) is 25.3 Å². The second-order valence-corrected chi connectivity index (χ2v) is 5.46. The maximum Gasteiger partial charge on any atom is 0.0616 e. The number of aryl methyl sites for hydroxylation is 1. The lowest BCUT2D eigenvalue weighted by molar-refractivity contribution is 0.0767. The highest BCUT2D eigenvalue weighted by Gasteiger charge is 2.32. The van der Waals surface area contributed by atoms with Crippen LogP contribution in [0.3, 0.4) is 0 Å². The molecule has 0 radical (unpaired) electrons. The Balaban J connectivity index is 1.92. The lowest BCUT2D eigenvalue weighted by Gasteiger charge is -2.28. The van der Waals surface area contributed by atoms with Gasteiger partial charge in [-0.05, 0) is 37.8 Å². The van der Waals surface area contributed by atoms with E-state index in [2.05, 4.69) is 49.5 Å². The largest absolute Gasteiger partial charge is 0.378 e. The van der Waals surface area contributed by atoms with Gasteiger partial charge in [0.05, 0.1) is 6.10 Å². The summed E-state index contributed by atoms with van der Waals surface area (Å²) >= 11 is 0. The van der Waals surface area contributed by atoms with E-state index in [4.69, 9.17) is 4.74 Å². The first-order valence-electron chi connectivity index (χ1n) is 7.74. The van der Waals surface area contributed by atoms with Crippen LogP contribution in [0.25, 0.3) is 0 Å². The minimum atomic E-state index is 0.458. The summed E-state index contributed by atoms with van der Waals surface area (Å²) in [5, 5.41) is 3.68. The van der Waals surface area contributed by atoms with Gasteiger partial charge in [0.25, 0.3) is 0 Å². The zero-order valence-electron chi connectivity index (χ0n) is 12.3. The van der Waals surface area contributed by atoms with Gasteiger partial charge in [0, 0.05) is 18.6 Å². The van der Waals surface area contributed by atoms with E-state index in [9.17, 15) is 0 Å². The van der Waals surface area contributed by atoms with Crippen LogP contribution in [0.2, 0.25) is 0 Å². The van der Waals surface area contributed by atoms with Gasteiger partial charge in [-0.1, -0.05) is 44.2 Å². The van der Waals surface area contributed by atoms with Crippen LogP contribution in [0, 0.1) is 5.92 Å². The van der Waals surface area contributed by atoms with Gasteiger partial charge in [-0.3, -0.25) is 0 Å². The third-order valence-corrected chi connectivity index (χ3v) is 4.23. The molecule has 1 aliphatic rings. The number of rotatable bonds is 7. The summed E-state index contributed by atoms with van der Waals surface area (Å²) in [5.74, 6) is 0.689. The molecule has 1 aliphatic heterocycles. The van der Waals surface area contributed by atoms with Crippen molar-refractivity contribution in [2.24, 2.45) is 5.92 Å². The van der Waals surface area contributed by atoms with Gasteiger partial charge in [0.2, 0.25) is 0 Å². The average molecular weight is 261 g/mol. The van der Waals surface area contributed by atoms with Crippen molar-refractivity contribution in [3.05, 3.63) is 35.9 Å². The standard InChI is InChI=1S/C17H27NO/c1-3-17-15(12-13-19-17)16(18-4-2)11-10-14-8-6-5-7-9-14/h5-9,15-18H,3-4,10-13H2,1-2H3. The second kappa shape index (κ2) is 7.66. The van der Waals surface area contributed by atoms with E-state index in [1.807, 2.05) is 0 Å². The highest BCUT2D eigenvalue weighted by molar-refractivity contribution is 5.14. The van der Waals surface area contributed by atoms with E-state index < -0.39 is 0 Å². The molecule has 19 heavy (non-hydrogen) atoms. The van der Waals surface area contributed by atoms with Gasteiger partial charge in [-0.25, -0.2) is 0 Å². The minimum Gasteiger partial charge on any atom is -0.378 e. The van der Waals surface area contributed by atoms with E-state index in [0.717, 1.165) is 26.0 Å². The summed E-state index contributed by atoms with van der Waals surface area (Å²) < 4.78 is 5.85. The first-order chi connectivity index (χ1) is 9.35. The van der Waals surface area contributed by atoms with Gasteiger partial charge in [-0.15, -0.1) is 0 Å². The Morgan fingerprint density at radius 3 is 2.74 bits per heavy atom. The predicted octanol–water partition coefficient (Wildman–Crippen LogP) is 3.41. The monoisotopic (exact) mass is 261 g/mol. The fraction of sp³-hybridized carbons (Fsp3) is 0.647. The number of hydrogen-bond acceptors (Lipinski definition) is 2. The summed E-state index contributed by atoms with van der Waals surface area (Å²) in [7, 11) is 0. The maximum atomic E-state index is 5.85. The van der Waals surface area contributed by atoms with Crippen LogP contribution in [0.1, 0.15) is 38.7 Å². The molecule has 2 nitrogen and oxygen atoms in total. The van der Waals surface area contributed by atoms with Crippen molar-refractivity contribution in [1.82, 2.24) is 5.32 Å². The molecule has 2 heteroatoms. The molecule has 0 bridgehead atoms. The first-order valence-corrected chi connectivity index (χ1v) is 7.74. The van der Waals surface area contributed by atoms with Gasteiger partial charge in [0.1, 0.15) is 0 Å². The average Bonchev–Trinajstić information content (AvgIpc) is 2.93. The quantitative estimate of drug-likeness (QED) is 0.812. The molecular weight excluding hydrogens is 234 g/mol. The second-order valence-electron chi connectivity index (χ2n) is 5.46. The van der Waals surface area contributed by atoms with Crippen molar-refractivity contribution in [3.63, 3.8) is 0 Å². The Morgan fingerprint density at radius 2 is 2.05 bits per heavy atom. The molecule has 3 atom stereocenters. The van der Waals surface area contributed by atoms with E-state index in [1.54, 1.807) is 0 Å². The van der Waals surface area contributed by atoms with Crippen molar-refractivity contribution in [2.45, 2.75) is 51.7 Å². The molecule has 1 heterocycles. The van der Waals surface area contributed by atoms with Crippen LogP contribution in [0.4, 0.5) is 0 Å². The third-order valence-electron chi connectivity index (χ3n) is 4.23. The smallest absolute Gasteiger partial charge is 0.0616 e. The first kappa shape index (κ1) is 14.5. The molecule has 2 rings (SSSR count). The molecule has 1 aromatic rings. The fourth-order valence-corrected chi connectivity index (χ4v) is 3.24. The summed E-state index contributed by atoms with van der Waals surface area (Å²) in [6, 6.07) is 11.4. The summed E-state index contributed by atoms with van der Waals surface area (Å²) in [4.78, 5) is 0. The van der Waals surface area contributed by atoms with E-state index >= 15 is 0 Å². The van der Waals surface area contributed by atoms with Gasteiger partial charge in [0.15, 0.2) is 0 Å². The van der Waals surface area contributed by atoms with Crippen LogP contribution >= 0.6 is 0 Å². The van der Waals surface area contributed by atoms with Crippen molar-refractivity contribution in [3.8, 4) is 0 Å². The minimum absolute atomic E-state index is 0.458. The normalized spacial score (nSPS) is 24.5. The molecule has 1 fully saturated rings. The SMILES string of the molecule is CCNC(CCc1ccccc1)C1CCOC1CC. The van der Waals surface area contributed by atoms with Crippen LogP contribution in [0.15, 0.2) is 30.3 Å². The zero-order chi connectivity index (χ0) is 13.5. The molecule has 0 aliphatic carbocycles. The Labute approximate surface area is 117 Å². The van der Waals surface area contributed by atoms with E-state index in [1.165, 1.54) is 18.4 Å². The zero-order valence-corrected chi connectivity index (χ0v) is 12.3. The molecule has 0 spiro atoms. The molecule has 106 valence electrons. The topological polar surface area (TPSA) is 21.3 Å². The van der Waals surface area contributed by atoms with E-state index in [0.29, 0.717) is 18.1 Å². The summed E-state index contributed by atoms with van der Waals surface area (Å²) in [6.45, 7) is 6.43. The van der Waals surface area contributed by atoms with Crippen LogP contribution < -0.4 is 5.32 Å². The van der Waals surface area contributed by atoms with Crippen molar-refractivity contribution in [1.29, 1.82) is 0 Å². The highest BCUT2D eigenvalue weighted by Crippen LogP contribution is 2.28. The lowest BCUT2D eigenvalue weighted by Crippen LogP contribution is -2.40. The highest BCUT2D eigenvalue weighted by atomic mass is 16.5. The number of ether oxygens (including phenoxy) is 1. The molecule has 1 aromatic carbocycles. The van der Waals surface area contributed by atoms with E-state index in [-0.39, 0.29) is 0 Å². The van der Waals surface area contributed by atoms with Gasteiger partial charge >= 0.3 is 0 Å². The van der Waals surface area contributed by atoms with Crippen LogP contribution in [0.5, 0.6) is 0 Å².